The van der Waals surface area contributed by atoms with E-state index in [-0.39, 0.29) is 25.6 Å². The van der Waals surface area contributed by atoms with Gasteiger partial charge in [-0.2, -0.15) is 0 Å². The number of nitrogens with one attached hydrogen (secondary N) is 1. The number of carbonyl (C=O) groups excluding carboxylic acids is 1. The Balaban J connectivity index is 1.78. The molecule has 4 N–H and O–H groups in total. The molecule has 2 atom stereocenters. The van der Waals surface area contributed by atoms with Gasteiger partial charge in [-0.25, -0.2) is 0 Å². The summed E-state index contributed by atoms with van der Waals surface area (Å²) in [7, 11) is 0. The lowest BCUT2D eigenvalue weighted by atomic mass is 9.88. The van der Waals surface area contributed by atoms with Gasteiger partial charge in [0.15, 0.2) is 0 Å². The monoisotopic (exact) mass is 336 g/mol. The predicted molar refractivity (Wildman–Crippen MR) is 91.5 cm³/mol. The van der Waals surface area contributed by atoms with Crippen LogP contribution < -0.4 is 5.32 Å². The molecule has 0 spiro atoms. The molecule has 6 heteroatoms. The lowest BCUT2D eigenvalue weighted by Crippen LogP contribution is -2.60. The first-order valence-electron chi connectivity index (χ1n) is 8.59. The molecule has 0 radical (unpaired) electrons. The highest BCUT2D eigenvalue weighted by molar-refractivity contribution is 5.76. The number of hydrogen-bond donors (Lipinski definition) is 4. The van der Waals surface area contributed by atoms with Crippen molar-refractivity contribution < 1.29 is 20.1 Å². The van der Waals surface area contributed by atoms with Crippen molar-refractivity contribution in [2.75, 3.05) is 32.8 Å². The normalized spacial score (nSPS) is 24.1. The number of rotatable bonds is 8. The van der Waals surface area contributed by atoms with Crippen molar-refractivity contribution in [1.82, 2.24) is 10.2 Å². The van der Waals surface area contributed by atoms with E-state index in [2.05, 4.69) is 5.32 Å². The summed E-state index contributed by atoms with van der Waals surface area (Å²) in [6, 6.07) is 9.84. The summed E-state index contributed by atoms with van der Waals surface area (Å²) >= 11 is 0. The van der Waals surface area contributed by atoms with Gasteiger partial charge in [0.05, 0.1) is 0 Å². The fraction of sp³-hybridized carbons (Fsp3) is 0.611. The SMILES string of the molecule is O=C(CCc1ccccc1)N1CC[C@](O)(CNCCCO)[C@@H](O)C1. The second-order valence-electron chi connectivity index (χ2n) is 6.45. The maximum Gasteiger partial charge on any atom is 0.222 e. The van der Waals surface area contributed by atoms with Crippen LogP contribution in [0, 0.1) is 0 Å². The van der Waals surface area contributed by atoms with Gasteiger partial charge >= 0.3 is 0 Å². The Morgan fingerprint density at radius 3 is 2.75 bits per heavy atom. The molecule has 1 aromatic rings. The van der Waals surface area contributed by atoms with E-state index >= 15 is 0 Å². The Hall–Kier alpha value is -1.47. The van der Waals surface area contributed by atoms with Crippen molar-refractivity contribution >= 4 is 5.91 Å². The fourth-order valence-electron chi connectivity index (χ4n) is 2.96. The Morgan fingerprint density at radius 2 is 2.08 bits per heavy atom. The standard InChI is InChI=1S/C18H28N2O4/c21-12-4-10-19-14-18(24)9-11-20(13-16(18)22)17(23)8-7-15-5-2-1-3-6-15/h1-3,5-6,16,19,21-22,24H,4,7-14H2/t16-,18-/m0/s1. The molecular weight excluding hydrogens is 308 g/mol. The minimum atomic E-state index is -1.22. The summed E-state index contributed by atoms with van der Waals surface area (Å²) in [5.41, 5.74) is -0.0981. The third-order valence-electron chi connectivity index (χ3n) is 4.59. The predicted octanol–water partition coefficient (Wildman–Crippen LogP) is -0.0845. The number of aryl methyl sites for hydroxylation is 1. The maximum atomic E-state index is 12.3. The number of carbonyl (C=O) groups is 1. The molecular formula is C18H28N2O4. The molecule has 0 aliphatic carbocycles. The van der Waals surface area contributed by atoms with Gasteiger partial charge in [-0.15, -0.1) is 0 Å². The van der Waals surface area contributed by atoms with Crippen LogP contribution in [0.25, 0.3) is 0 Å². The van der Waals surface area contributed by atoms with Gasteiger partial charge in [-0.1, -0.05) is 30.3 Å². The van der Waals surface area contributed by atoms with Gasteiger partial charge in [-0.3, -0.25) is 4.79 Å². The maximum absolute atomic E-state index is 12.3. The van der Waals surface area contributed by atoms with Crippen LogP contribution in [-0.4, -0.2) is 70.6 Å². The summed E-state index contributed by atoms with van der Waals surface area (Å²) in [5, 5.41) is 32.6. The molecule has 1 saturated heterocycles. The zero-order chi connectivity index (χ0) is 17.4. The van der Waals surface area contributed by atoms with Gasteiger partial charge in [-0.05, 0) is 31.4 Å². The van der Waals surface area contributed by atoms with E-state index in [4.69, 9.17) is 5.11 Å². The summed E-state index contributed by atoms with van der Waals surface area (Å²) in [6.45, 7) is 1.55. The first-order valence-corrected chi connectivity index (χ1v) is 8.59. The van der Waals surface area contributed by atoms with Gasteiger partial charge in [0.25, 0.3) is 0 Å². The summed E-state index contributed by atoms with van der Waals surface area (Å²) in [6.07, 6.45) is 1.07. The number of aliphatic hydroxyl groups is 3. The van der Waals surface area contributed by atoms with Crippen LogP contribution in [0.15, 0.2) is 30.3 Å². The highest BCUT2D eigenvalue weighted by atomic mass is 16.3. The molecule has 0 saturated carbocycles. The van der Waals surface area contributed by atoms with E-state index < -0.39 is 11.7 Å². The number of β-amino-alcohol motifs (C(OH)–C–C–N with tert-alkyl or cyclic N) is 1. The van der Waals surface area contributed by atoms with Crippen LogP contribution in [0.4, 0.5) is 0 Å². The van der Waals surface area contributed by atoms with E-state index in [1.807, 2.05) is 30.3 Å². The average molecular weight is 336 g/mol. The molecule has 0 unspecified atom stereocenters. The molecule has 6 nitrogen and oxygen atoms in total. The van der Waals surface area contributed by atoms with E-state index in [0.717, 1.165) is 5.56 Å². The molecule has 2 rings (SSSR count). The van der Waals surface area contributed by atoms with Crippen LogP contribution in [0.2, 0.25) is 0 Å². The van der Waals surface area contributed by atoms with Gasteiger partial charge < -0.3 is 25.5 Å². The smallest absolute Gasteiger partial charge is 0.222 e. The molecule has 24 heavy (non-hydrogen) atoms. The molecule has 1 aromatic carbocycles. The number of aliphatic hydroxyl groups excluding tert-OH is 2. The molecule has 0 aromatic heterocycles. The fourth-order valence-corrected chi connectivity index (χ4v) is 2.96. The van der Waals surface area contributed by atoms with Crippen molar-refractivity contribution in [3.63, 3.8) is 0 Å². The Bertz CT molecular complexity index is 511. The van der Waals surface area contributed by atoms with Crippen LogP contribution in [0.5, 0.6) is 0 Å². The number of benzene rings is 1. The lowest BCUT2D eigenvalue weighted by Gasteiger charge is -2.42. The highest BCUT2D eigenvalue weighted by Crippen LogP contribution is 2.23. The van der Waals surface area contributed by atoms with Crippen molar-refractivity contribution in [3.05, 3.63) is 35.9 Å². The second kappa shape index (κ2) is 9.13. The molecule has 1 heterocycles. The largest absolute Gasteiger partial charge is 0.396 e. The minimum Gasteiger partial charge on any atom is -0.396 e. The zero-order valence-electron chi connectivity index (χ0n) is 14.0. The molecule has 1 aliphatic rings. The molecule has 1 fully saturated rings. The Morgan fingerprint density at radius 1 is 1.33 bits per heavy atom. The Labute approximate surface area is 143 Å². The summed E-state index contributed by atoms with van der Waals surface area (Å²) in [4.78, 5) is 14.0. The van der Waals surface area contributed by atoms with Crippen LogP contribution in [0.1, 0.15) is 24.8 Å². The van der Waals surface area contributed by atoms with Crippen LogP contribution in [0.3, 0.4) is 0 Å². The second-order valence-corrected chi connectivity index (χ2v) is 6.45. The van der Waals surface area contributed by atoms with Crippen LogP contribution in [-0.2, 0) is 11.2 Å². The summed E-state index contributed by atoms with van der Waals surface area (Å²) < 4.78 is 0. The number of piperidine rings is 1. The lowest BCUT2D eigenvalue weighted by molar-refractivity contribution is -0.148. The number of amides is 1. The van der Waals surface area contributed by atoms with E-state index in [1.165, 1.54) is 0 Å². The zero-order valence-corrected chi connectivity index (χ0v) is 14.0. The van der Waals surface area contributed by atoms with Crippen LogP contribution >= 0.6 is 0 Å². The quantitative estimate of drug-likeness (QED) is 0.498. The van der Waals surface area contributed by atoms with Gasteiger partial charge in [0.1, 0.15) is 11.7 Å². The topological polar surface area (TPSA) is 93.0 Å². The van der Waals surface area contributed by atoms with E-state index in [0.29, 0.717) is 38.8 Å². The molecule has 1 amide bonds. The first kappa shape index (κ1) is 18.9. The van der Waals surface area contributed by atoms with Crippen molar-refractivity contribution in [3.8, 4) is 0 Å². The van der Waals surface area contributed by atoms with E-state index in [9.17, 15) is 15.0 Å². The average Bonchev–Trinajstić information content (AvgIpc) is 2.60. The molecule has 0 bridgehead atoms. The van der Waals surface area contributed by atoms with Crippen molar-refractivity contribution in [1.29, 1.82) is 0 Å². The number of nitrogens with zero attached hydrogens (tertiary/aromatic N) is 1. The molecule has 134 valence electrons. The molecule has 1 aliphatic heterocycles. The highest BCUT2D eigenvalue weighted by Gasteiger charge is 2.41. The number of hydrogen-bond acceptors (Lipinski definition) is 5. The first-order chi connectivity index (χ1) is 11.5. The van der Waals surface area contributed by atoms with E-state index in [1.54, 1.807) is 4.90 Å². The van der Waals surface area contributed by atoms with Gasteiger partial charge in [0.2, 0.25) is 5.91 Å². The minimum absolute atomic E-state index is 0.00759. The third kappa shape index (κ3) is 5.27. The number of likely N-dealkylation sites (tertiary alicyclic amines) is 1. The Kier molecular flexibility index (Phi) is 7.17. The van der Waals surface area contributed by atoms with Crippen molar-refractivity contribution in [2.45, 2.75) is 37.4 Å². The van der Waals surface area contributed by atoms with Crippen molar-refractivity contribution in [2.24, 2.45) is 0 Å². The van der Waals surface area contributed by atoms with Gasteiger partial charge in [0, 0.05) is 32.7 Å². The summed E-state index contributed by atoms with van der Waals surface area (Å²) in [5.74, 6) is 0.00759. The third-order valence-corrected chi connectivity index (χ3v) is 4.59.